The van der Waals surface area contributed by atoms with E-state index in [1.807, 2.05) is 0 Å². The zero-order valence-corrected chi connectivity index (χ0v) is 15.1. The van der Waals surface area contributed by atoms with Crippen LogP contribution in [-0.2, 0) is 9.84 Å². The molecule has 0 aromatic heterocycles. The summed E-state index contributed by atoms with van der Waals surface area (Å²) < 4.78 is 23.6. The first-order valence-electron chi connectivity index (χ1n) is 7.45. The predicted octanol–water partition coefficient (Wildman–Crippen LogP) is 0.934. The molecule has 0 aliphatic carbocycles. The van der Waals surface area contributed by atoms with Gasteiger partial charge in [-0.3, -0.25) is 0 Å². The largest absolute Gasteiger partial charge is 0.399 e. The van der Waals surface area contributed by atoms with Gasteiger partial charge in [-0.05, 0) is 30.3 Å². The number of nitrogens with one attached hydrogen (secondary N) is 2. The SMILES string of the molecule is C=C(N)/C=C(CS(=O)(=O)CC)\N=C(/N)c1ccc(NC(=O)NC)cc1. The van der Waals surface area contributed by atoms with Gasteiger partial charge in [-0.25, -0.2) is 18.2 Å². The van der Waals surface area contributed by atoms with Crippen LogP contribution in [0.4, 0.5) is 10.5 Å². The molecule has 8 nitrogen and oxygen atoms in total. The molecule has 0 radical (unpaired) electrons. The van der Waals surface area contributed by atoms with Gasteiger partial charge in [0.1, 0.15) is 5.84 Å². The van der Waals surface area contributed by atoms with Gasteiger partial charge in [0.15, 0.2) is 9.84 Å². The molecule has 1 aromatic carbocycles. The predicted molar refractivity (Wildman–Crippen MR) is 101 cm³/mol. The Morgan fingerprint density at radius 1 is 1.28 bits per heavy atom. The van der Waals surface area contributed by atoms with Crippen molar-refractivity contribution >= 4 is 27.4 Å². The third kappa shape index (κ3) is 7.08. The summed E-state index contributed by atoms with van der Waals surface area (Å²) in [6, 6.07) is 6.29. The standard InChI is InChI=1S/C16H23N5O3S/c1-4-25(23,24)10-14(9-11(2)17)20-15(18)12-5-7-13(8-6-12)21-16(22)19-3/h5-9H,2,4,10,17H2,1,3H3,(H2,18,20)(H2,19,21,22)/b14-9-. The van der Waals surface area contributed by atoms with Crippen molar-refractivity contribution in [3.63, 3.8) is 0 Å². The van der Waals surface area contributed by atoms with Crippen molar-refractivity contribution < 1.29 is 13.2 Å². The highest BCUT2D eigenvalue weighted by atomic mass is 32.2. The minimum atomic E-state index is -3.30. The highest BCUT2D eigenvalue weighted by Crippen LogP contribution is 2.12. The van der Waals surface area contributed by atoms with Crippen LogP contribution >= 0.6 is 0 Å². The second-order valence-electron chi connectivity index (χ2n) is 5.17. The summed E-state index contributed by atoms with van der Waals surface area (Å²) in [6.07, 6.45) is 1.38. The first-order valence-corrected chi connectivity index (χ1v) is 9.27. The number of amides is 2. The minimum Gasteiger partial charge on any atom is -0.399 e. The summed E-state index contributed by atoms with van der Waals surface area (Å²) in [6.45, 7) is 5.08. The van der Waals surface area contributed by atoms with Gasteiger partial charge in [0.2, 0.25) is 0 Å². The van der Waals surface area contributed by atoms with Gasteiger partial charge in [0.25, 0.3) is 0 Å². The van der Waals surface area contributed by atoms with Crippen molar-refractivity contribution in [2.24, 2.45) is 16.5 Å². The van der Waals surface area contributed by atoms with E-state index in [1.54, 1.807) is 31.2 Å². The maximum absolute atomic E-state index is 11.8. The molecule has 9 heteroatoms. The van der Waals surface area contributed by atoms with Crippen molar-refractivity contribution in [3.8, 4) is 0 Å². The number of aliphatic imine (C=N–C) groups is 1. The Hall–Kier alpha value is -2.81. The lowest BCUT2D eigenvalue weighted by molar-refractivity contribution is 0.254. The second kappa shape index (κ2) is 8.88. The third-order valence-corrected chi connectivity index (χ3v) is 4.70. The summed E-state index contributed by atoms with van der Waals surface area (Å²) in [4.78, 5) is 15.4. The van der Waals surface area contributed by atoms with Crippen LogP contribution in [-0.4, -0.2) is 38.8 Å². The number of nitrogens with zero attached hydrogens (tertiary/aromatic N) is 1. The van der Waals surface area contributed by atoms with E-state index in [0.29, 0.717) is 11.3 Å². The lowest BCUT2D eigenvalue weighted by Crippen LogP contribution is -2.24. The second-order valence-corrected chi connectivity index (χ2v) is 7.52. The average molecular weight is 365 g/mol. The molecule has 0 aliphatic rings. The zero-order chi connectivity index (χ0) is 19.0. The average Bonchev–Trinajstić information content (AvgIpc) is 2.54. The number of hydrogen-bond donors (Lipinski definition) is 4. The Morgan fingerprint density at radius 3 is 2.36 bits per heavy atom. The van der Waals surface area contributed by atoms with Crippen molar-refractivity contribution in [2.75, 3.05) is 23.9 Å². The summed E-state index contributed by atoms with van der Waals surface area (Å²) in [7, 11) is -1.79. The normalized spacial score (nSPS) is 12.6. The number of anilines is 1. The molecule has 1 aromatic rings. The van der Waals surface area contributed by atoms with Crippen LogP contribution < -0.4 is 22.1 Å². The Balaban J connectivity index is 3.06. The first kappa shape index (κ1) is 20.2. The summed E-state index contributed by atoms with van der Waals surface area (Å²) in [5.41, 5.74) is 13.0. The Labute approximate surface area is 147 Å². The molecule has 0 fully saturated rings. The van der Waals surface area contributed by atoms with Crippen molar-refractivity contribution in [2.45, 2.75) is 6.92 Å². The van der Waals surface area contributed by atoms with Gasteiger partial charge >= 0.3 is 6.03 Å². The molecule has 25 heavy (non-hydrogen) atoms. The van der Waals surface area contributed by atoms with E-state index >= 15 is 0 Å². The third-order valence-electron chi connectivity index (χ3n) is 3.09. The van der Waals surface area contributed by atoms with Gasteiger partial charge in [0.05, 0.1) is 11.4 Å². The molecule has 0 atom stereocenters. The van der Waals surface area contributed by atoms with Gasteiger partial charge in [0, 0.05) is 29.7 Å². The molecule has 136 valence electrons. The minimum absolute atomic E-state index is 0.0172. The molecule has 0 saturated heterocycles. The van der Waals surface area contributed by atoms with E-state index in [9.17, 15) is 13.2 Å². The molecule has 2 amide bonds. The number of benzene rings is 1. The molecular formula is C16H23N5O3S. The molecular weight excluding hydrogens is 342 g/mol. The van der Waals surface area contributed by atoms with Gasteiger partial charge in [-0.2, -0.15) is 0 Å². The lowest BCUT2D eigenvalue weighted by Gasteiger charge is -2.08. The number of rotatable bonds is 7. The van der Waals surface area contributed by atoms with Crippen molar-refractivity contribution in [1.82, 2.24) is 5.32 Å². The number of carbonyl (C=O) groups excluding carboxylic acids is 1. The van der Waals surface area contributed by atoms with Gasteiger partial charge < -0.3 is 22.1 Å². The monoisotopic (exact) mass is 365 g/mol. The number of urea groups is 1. The first-order chi connectivity index (χ1) is 11.7. The van der Waals surface area contributed by atoms with E-state index in [0.717, 1.165) is 0 Å². The van der Waals surface area contributed by atoms with Crippen LogP contribution in [0.1, 0.15) is 12.5 Å². The Bertz CT molecular complexity index is 796. The van der Waals surface area contributed by atoms with Crippen molar-refractivity contribution in [3.05, 3.63) is 53.9 Å². The van der Waals surface area contributed by atoms with Gasteiger partial charge in [-0.1, -0.05) is 13.5 Å². The van der Waals surface area contributed by atoms with Gasteiger partial charge in [-0.15, -0.1) is 0 Å². The van der Waals surface area contributed by atoms with Crippen LogP contribution in [0.3, 0.4) is 0 Å². The van der Waals surface area contributed by atoms with E-state index in [-0.39, 0.29) is 34.8 Å². The maximum atomic E-state index is 11.8. The Morgan fingerprint density at radius 2 is 1.88 bits per heavy atom. The van der Waals surface area contributed by atoms with E-state index in [4.69, 9.17) is 11.5 Å². The quantitative estimate of drug-likeness (QED) is 0.323. The van der Waals surface area contributed by atoms with Crippen molar-refractivity contribution in [1.29, 1.82) is 0 Å². The number of allylic oxidation sites excluding steroid dienone is 1. The van der Waals surface area contributed by atoms with E-state index < -0.39 is 9.84 Å². The Kier molecular flexibility index (Phi) is 7.19. The molecule has 0 bridgehead atoms. The number of nitrogens with two attached hydrogens (primary N) is 2. The van der Waals surface area contributed by atoms with Crippen LogP contribution in [0, 0.1) is 0 Å². The van der Waals surface area contributed by atoms with E-state index in [2.05, 4.69) is 22.2 Å². The molecule has 0 unspecified atom stereocenters. The summed E-state index contributed by atoms with van der Waals surface area (Å²) in [5, 5.41) is 5.05. The van der Waals surface area contributed by atoms with Crippen LogP contribution in [0.2, 0.25) is 0 Å². The highest BCUT2D eigenvalue weighted by Gasteiger charge is 2.12. The number of carbonyl (C=O) groups is 1. The maximum Gasteiger partial charge on any atom is 0.318 e. The molecule has 0 spiro atoms. The molecule has 0 aliphatic heterocycles. The van der Waals surface area contributed by atoms with Crippen LogP contribution in [0.15, 0.2) is 53.3 Å². The number of amidine groups is 1. The smallest absolute Gasteiger partial charge is 0.318 e. The summed E-state index contributed by atoms with van der Waals surface area (Å²) >= 11 is 0. The topological polar surface area (TPSA) is 140 Å². The molecule has 6 N–H and O–H groups in total. The number of sulfone groups is 1. The summed E-state index contributed by atoms with van der Waals surface area (Å²) in [5.74, 6) is -0.168. The molecule has 0 saturated carbocycles. The molecule has 1 rings (SSSR count). The highest BCUT2D eigenvalue weighted by molar-refractivity contribution is 7.91. The zero-order valence-electron chi connectivity index (χ0n) is 14.2. The van der Waals surface area contributed by atoms with Crippen LogP contribution in [0.5, 0.6) is 0 Å². The van der Waals surface area contributed by atoms with Crippen LogP contribution in [0.25, 0.3) is 0 Å². The van der Waals surface area contributed by atoms with E-state index in [1.165, 1.54) is 13.1 Å². The fraction of sp³-hybridized carbons (Fsp3) is 0.250. The lowest BCUT2D eigenvalue weighted by atomic mass is 10.2. The fourth-order valence-electron chi connectivity index (χ4n) is 1.78. The molecule has 0 heterocycles. The number of hydrogen-bond acceptors (Lipinski definition) is 5. The fourth-order valence-corrected chi connectivity index (χ4v) is 2.59.